The van der Waals surface area contributed by atoms with Gasteiger partial charge in [0.1, 0.15) is 0 Å². The molecule has 0 aliphatic carbocycles. The van der Waals surface area contributed by atoms with Crippen molar-refractivity contribution in [2.24, 2.45) is 0 Å². The van der Waals surface area contributed by atoms with Crippen LogP contribution in [0.3, 0.4) is 0 Å². The van der Waals surface area contributed by atoms with Crippen molar-refractivity contribution in [1.82, 2.24) is 5.32 Å². The van der Waals surface area contributed by atoms with Gasteiger partial charge in [-0.2, -0.15) is 0 Å². The molecule has 3 N–H and O–H groups in total. The molecule has 6 nitrogen and oxygen atoms in total. The number of unbranched alkanes of at least 4 members (excludes halogenated alkanes) is 52. The SMILES string of the molecule is CCCCCC/C=C\C/C=C\CCCCCCCCCC(=O)OCCCCCCCCCCCCCCCCCCCCCCCCCCCCCCCCCCC(=O)NC(CO)C(O)CCCCCCCCCCCCC. The lowest BCUT2D eigenvalue weighted by atomic mass is 10.0. The van der Waals surface area contributed by atoms with Crippen LogP contribution in [-0.4, -0.2) is 47.4 Å². The molecule has 0 spiro atoms. The summed E-state index contributed by atoms with van der Waals surface area (Å²) in [5, 5.41) is 23.2. The van der Waals surface area contributed by atoms with E-state index in [-0.39, 0.29) is 18.5 Å². The standard InChI is InChI=1S/C72H139NO5/c1-3-5-7-9-11-13-15-16-17-18-36-39-42-46-50-54-58-62-66-72(77)78-67-63-59-55-51-47-43-40-37-34-32-30-28-26-24-22-20-19-21-23-25-27-29-31-33-35-38-41-45-49-53-57-61-65-71(76)73-69(68-74)70(75)64-60-56-52-48-44-14-12-10-8-6-4-2/h13,15,17-18,69-70,74-75H,3-12,14,16,19-68H2,1-2H3,(H,73,76)/b15-13-,18-17-. The first-order valence-electron chi connectivity index (χ1n) is 35.6. The summed E-state index contributed by atoms with van der Waals surface area (Å²) in [6.07, 6.45) is 85.3. The van der Waals surface area contributed by atoms with Crippen LogP contribution in [0.5, 0.6) is 0 Å². The van der Waals surface area contributed by atoms with Gasteiger partial charge in [-0.25, -0.2) is 0 Å². The Morgan fingerprint density at radius 2 is 0.641 bits per heavy atom. The van der Waals surface area contributed by atoms with Gasteiger partial charge in [0.15, 0.2) is 0 Å². The fraction of sp³-hybridized carbons (Fsp3) is 0.917. The minimum Gasteiger partial charge on any atom is -0.466 e. The van der Waals surface area contributed by atoms with E-state index in [4.69, 9.17) is 4.74 Å². The average molecular weight is 1100 g/mol. The first kappa shape index (κ1) is 76.3. The van der Waals surface area contributed by atoms with Crippen LogP contribution in [0.15, 0.2) is 24.3 Å². The van der Waals surface area contributed by atoms with Crippen molar-refractivity contribution in [3.63, 3.8) is 0 Å². The Labute approximate surface area is 488 Å². The molecule has 0 aromatic heterocycles. The maximum atomic E-state index is 12.5. The Hall–Kier alpha value is -1.66. The fourth-order valence-electron chi connectivity index (χ4n) is 11.3. The molecule has 0 heterocycles. The van der Waals surface area contributed by atoms with Gasteiger partial charge in [0.25, 0.3) is 0 Å². The van der Waals surface area contributed by atoms with E-state index in [2.05, 4.69) is 43.5 Å². The summed E-state index contributed by atoms with van der Waals surface area (Å²) >= 11 is 0. The summed E-state index contributed by atoms with van der Waals surface area (Å²) in [7, 11) is 0. The molecule has 6 heteroatoms. The number of rotatable bonds is 67. The van der Waals surface area contributed by atoms with E-state index in [1.165, 1.54) is 315 Å². The highest BCUT2D eigenvalue weighted by atomic mass is 16.5. The zero-order chi connectivity index (χ0) is 56.4. The van der Waals surface area contributed by atoms with Crippen LogP contribution in [0.1, 0.15) is 399 Å². The van der Waals surface area contributed by atoms with Crippen LogP contribution >= 0.6 is 0 Å². The molecule has 0 saturated heterocycles. The lowest BCUT2D eigenvalue weighted by molar-refractivity contribution is -0.143. The Morgan fingerprint density at radius 3 is 0.987 bits per heavy atom. The van der Waals surface area contributed by atoms with Crippen LogP contribution in [0.2, 0.25) is 0 Å². The minimum absolute atomic E-state index is 0.0144. The van der Waals surface area contributed by atoms with Gasteiger partial charge in [0.05, 0.1) is 25.4 Å². The van der Waals surface area contributed by atoms with Gasteiger partial charge in [0.2, 0.25) is 5.91 Å². The Bertz CT molecular complexity index is 1220. The summed E-state index contributed by atoms with van der Waals surface area (Å²) in [6, 6.07) is -0.536. The summed E-state index contributed by atoms with van der Waals surface area (Å²) < 4.78 is 5.51. The predicted octanol–water partition coefficient (Wildman–Crippen LogP) is 22.9. The second-order valence-corrected chi connectivity index (χ2v) is 24.6. The molecule has 1 amide bonds. The molecule has 0 aliphatic rings. The van der Waals surface area contributed by atoms with Gasteiger partial charge < -0.3 is 20.3 Å². The van der Waals surface area contributed by atoms with Crippen LogP contribution < -0.4 is 5.32 Å². The van der Waals surface area contributed by atoms with Crippen LogP contribution in [0.25, 0.3) is 0 Å². The highest BCUT2D eigenvalue weighted by Gasteiger charge is 2.20. The second-order valence-electron chi connectivity index (χ2n) is 24.6. The van der Waals surface area contributed by atoms with Crippen molar-refractivity contribution in [3.05, 3.63) is 24.3 Å². The molecule has 0 bridgehead atoms. The monoisotopic (exact) mass is 1100 g/mol. The molecule has 2 atom stereocenters. The quantitative estimate of drug-likeness (QED) is 0.0320. The number of esters is 1. The Kier molecular flexibility index (Phi) is 66.4. The predicted molar refractivity (Wildman–Crippen MR) is 343 cm³/mol. The van der Waals surface area contributed by atoms with Crippen molar-refractivity contribution < 1.29 is 24.5 Å². The fourth-order valence-corrected chi connectivity index (χ4v) is 11.3. The Balaban J connectivity index is 3.29. The van der Waals surface area contributed by atoms with Crippen LogP contribution in [0.4, 0.5) is 0 Å². The van der Waals surface area contributed by atoms with E-state index < -0.39 is 12.1 Å². The summed E-state index contributed by atoms with van der Waals surface area (Å²) in [6.45, 7) is 4.96. The van der Waals surface area contributed by atoms with E-state index in [1.54, 1.807) is 0 Å². The second kappa shape index (κ2) is 67.8. The van der Waals surface area contributed by atoms with Crippen molar-refractivity contribution in [1.29, 1.82) is 0 Å². The molecule has 0 aromatic rings. The van der Waals surface area contributed by atoms with Crippen molar-refractivity contribution in [2.45, 2.75) is 411 Å². The van der Waals surface area contributed by atoms with Gasteiger partial charge in [-0.3, -0.25) is 9.59 Å². The summed E-state index contributed by atoms with van der Waals surface area (Å²) in [4.78, 5) is 24.6. The maximum Gasteiger partial charge on any atom is 0.305 e. The van der Waals surface area contributed by atoms with E-state index >= 15 is 0 Å². The number of allylic oxidation sites excluding steroid dienone is 4. The Morgan fingerprint density at radius 1 is 0.359 bits per heavy atom. The van der Waals surface area contributed by atoms with Crippen LogP contribution in [-0.2, 0) is 14.3 Å². The van der Waals surface area contributed by atoms with E-state index in [9.17, 15) is 19.8 Å². The third-order valence-corrected chi connectivity index (χ3v) is 16.8. The number of carbonyl (C=O) groups is 2. The van der Waals surface area contributed by atoms with Crippen molar-refractivity contribution in [3.8, 4) is 0 Å². The zero-order valence-corrected chi connectivity index (χ0v) is 52.9. The third kappa shape index (κ3) is 63.5. The smallest absolute Gasteiger partial charge is 0.305 e. The highest BCUT2D eigenvalue weighted by Crippen LogP contribution is 2.19. The highest BCUT2D eigenvalue weighted by molar-refractivity contribution is 5.76. The van der Waals surface area contributed by atoms with Gasteiger partial charge in [-0.15, -0.1) is 0 Å². The number of aliphatic hydroxyl groups excluding tert-OH is 2. The molecular formula is C72H139NO5. The summed E-state index contributed by atoms with van der Waals surface area (Å²) in [5.74, 6) is -0.0151. The molecule has 0 saturated carbocycles. The molecule has 2 unspecified atom stereocenters. The molecule has 0 aromatic carbocycles. The number of aliphatic hydroxyl groups is 2. The van der Waals surface area contributed by atoms with E-state index in [0.29, 0.717) is 25.9 Å². The average Bonchev–Trinajstić information content (AvgIpc) is 3.44. The molecule has 0 aliphatic heterocycles. The van der Waals surface area contributed by atoms with Crippen molar-refractivity contribution >= 4 is 11.9 Å². The molecule has 0 fully saturated rings. The first-order valence-corrected chi connectivity index (χ1v) is 35.6. The minimum atomic E-state index is -0.659. The number of hydrogen-bond acceptors (Lipinski definition) is 5. The third-order valence-electron chi connectivity index (χ3n) is 16.8. The topological polar surface area (TPSA) is 95.9 Å². The number of carbonyl (C=O) groups excluding carboxylic acids is 2. The number of nitrogens with one attached hydrogen (secondary N) is 1. The van der Waals surface area contributed by atoms with E-state index in [1.807, 2.05) is 0 Å². The largest absolute Gasteiger partial charge is 0.466 e. The normalized spacial score (nSPS) is 12.6. The lowest BCUT2D eigenvalue weighted by Crippen LogP contribution is -2.45. The van der Waals surface area contributed by atoms with Gasteiger partial charge in [0, 0.05) is 12.8 Å². The zero-order valence-electron chi connectivity index (χ0n) is 52.9. The molecule has 462 valence electrons. The number of amides is 1. The lowest BCUT2D eigenvalue weighted by Gasteiger charge is -2.22. The number of ether oxygens (including phenoxy) is 1. The van der Waals surface area contributed by atoms with Crippen LogP contribution in [0, 0.1) is 0 Å². The van der Waals surface area contributed by atoms with Gasteiger partial charge in [-0.05, 0) is 57.8 Å². The maximum absolute atomic E-state index is 12.5. The molecular weight excluding hydrogens is 959 g/mol. The van der Waals surface area contributed by atoms with Gasteiger partial charge >= 0.3 is 5.97 Å². The van der Waals surface area contributed by atoms with Crippen molar-refractivity contribution in [2.75, 3.05) is 13.2 Å². The molecule has 0 rings (SSSR count). The first-order chi connectivity index (χ1) is 38.5. The van der Waals surface area contributed by atoms with E-state index in [0.717, 1.165) is 51.4 Å². The summed E-state index contributed by atoms with van der Waals surface area (Å²) in [5.41, 5.74) is 0. The molecule has 78 heavy (non-hydrogen) atoms. The molecule has 0 radical (unpaired) electrons. The number of hydrogen-bond donors (Lipinski definition) is 3. The van der Waals surface area contributed by atoms with Gasteiger partial charge in [-0.1, -0.05) is 353 Å².